The van der Waals surface area contributed by atoms with Crippen LogP contribution in [0.1, 0.15) is 43.5 Å². The minimum Gasteiger partial charge on any atom is -0.270 e. The molecule has 1 aliphatic carbocycles. The monoisotopic (exact) mass is 302 g/mol. The lowest BCUT2D eigenvalue weighted by atomic mass is 10.0. The second kappa shape index (κ2) is 5.58. The number of hydrogen-bond donors (Lipinski definition) is 0. The van der Waals surface area contributed by atoms with Crippen molar-refractivity contribution in [1.29, 1.82) is 0 Å². The van der Waals surface area contributed by atoms with Gasteiger partial charge in [-0.3, -0.25) is 4.68 Å². The number of halogens is 1. The first-order chi connectivity index (χ1) is 7.68. The number of rotatable bonds is 3. The van der Waals surface area contributed by atoms with Crippen LogP contribution in [0.5, 0.6) is 0 Å². The van der Waals surface area contributed by atoms with Crippen molar-refractivity contribution in [2.75, 3.05) is 0 Å². The highest BCUT2D eigenvalue weighted by molar-refractivity contribution is 9.10. The fraction of sp³-hybridized carbons (Fsp3) is 0.750. The third-order valence-corrected chi connectivity index (χ3v) is 5.68. The van der Waals surface area contributed by atoms with Gasteiger partial charge in [0.25, 0.3) is 0 Å². The lowest BCUT2D eigenvalue weighted by Gasteiger charge is -2.20. The Kier molecular flexibility index (Phi) is 4.36. The van der Waals surface area contributed by atoms with Crippen LogP contribution in [0.4, 0.5) is 0 Å². The summed E-state index contributed by atoms with van der Waals surface area (Å²) >= 11 is 5.73. The number of aromatic nitrogens is 2. The SMILES string of the molecule is Cc1nn(C)c(CSC2CCCCC2)c1Br. The molecule has 0 spiro atoms. The molecule has 0 aromatic carbocycles. The van der Waals surface area contributed by atoms with Gasteiger partial charge in [-0.2, -0.15) is 16.9 Å². The lowest BCUT2D eigenvalue weighted by molar-refractivity contribution is 0.516. The van der Waals surface area contributed by atoms with Gasteiger partial charge in [0.1, 0.15) is 0 Å². The molecule has 2 rings (SSSR count). The summed E-state index contributed by atoms with van der Waals surface area (Å²) in [6.07, 6.45) is 7.08. The molecule has 1 saturated carbocycles. The topological polar surface area (TPSA) is 17.8 Å². The summed E-state index contributed by atoms with van der Waals surface area (Å²) in [6.45, 7) is 2.05. The molecule has 0 unspecified atom stereocenters. The zero-order valence-electron chi connectivity index (χ0n) is 10.0. The van der Waals surface area contributed by atoms with E-state index in [-0.39, 0.29) is 0 Å². The normalized spacial score (nSPS) is 17.9. The van der Waals surface area contributed by atoms with Crippen molar-refractivity contribution in [2.24, 2.45) is 7.05 Å². The standard InChI is InChI=1S/C12H19BrN2S/c1-9-12(13)11(15(2)14-9)8-16-10-6-4-3-5-7-10/h10H,3-8H2,1-2H3. The van der Waals surface area contributed by atoms with E-state index in [1.807, 2.05) is 11.7 Å². The number of nitrogens with zero attached hydrogens (tertiary/aromatic N) is 2. The summed E-state index contributed by atoms with van der Waals surface area (Å²) in [5.41, 5.74) is 2.43. The maximum Gasteiger partial charge on any atom is 0.0738 e. The second-order valence-electron chi connectivity index (χ2n) is 4.54. The maximum absolute atomic E-state index is 4.43. The number of aryl methyl sites for hydroxylation is 2. The van der Waals surface area contributed by atoms with Gasteiger partial charge in [-0.1, -0.05) is 19.3 Å². The molecule has 0 atom stereocenters. The van der Waals surface area contributed by atoms with Crippen molar-refractivity contribution in [3.63, 3.8) is 0 Å². The van der Waals surface area contributed by atoms with Gasteiger partial charge in [-0.15, -0.1) is 0 Å². The third kappa shape index (κ3) is 2.83. The number of hydrogen-bond acceptors (Lipinski definition) is 2. The Labute approximate surface area is 110 Å². The molecule has 16 heavy (non-hydrogen) atoms. The van der Waals surface area contributed by atoms with Gasteiger partial charge < -0.3 is 0 Å². The Hall–Kier alpha value is 0.0400. The first-order valence-electron chi connectivity index (χ1n) is 5.98. The molecule has 0 radical (unpaired) electrons. The van der Waals surface area contributed by atoms with Gasteiger partial charge in [0.2, 0.25) is 0 Å². The summed E-state index contributed by atoms with van der Waals surface area (Å²) in [4.78, 5) is 0. The first kappa shape index (κ1) is 12.5. The predicted octanol–water partition coefficient (Wildman–Crippen LogP) is 4.06. The van der Waals surface area contributed by atoms with Crippen LogP contribution in [0, 0.1) is 6.92 Å². The van der Waals surface area contributed by atoms with E-state index in [2.05, 4.69) is 39.7 Å². The highest BCUT2D eigenvalue weighted by atomic mass is 79.9. The van der Waals surface area contributed by atoms with E-state index < -0.39 is 0 Å². The molecular formula is C12H19BrN2S. The van der Waals surface area contributed by atoms with Crippen LogP contribution in [0.3, 0.4) is 0 Å². The number of thioether (sulfide) groups is 1. The van der Waals surface area contributed by atoms with E-state index in [1.54, 1.807) is 0 Å². The van der Waals surface area contributed by atoms with Gasteiger partial charge in [0.15, 0.2) is 0 Å². The van der Waals surface area contributed by atoms with Gasteiger partial charge in [0.05, 0.1) is 15.9 Å². The molecule has 0 saturated heterocycles. The average molecular weight is 303 g/mol. The largest absolute Gasteiger partial charge is 0.270 e. The second-order valence-corrected chi connectivity index (χ2v) is 6.62. The summed E-state index contributed by atoms with van der Waals surface area (Å²) in [6, 6.07) is 0. The van der Waals surface area contributed by atoms with Crippen LogP contribution < -0.4 is 0 Å². The fourth-order valence-electron chi connectivity index (χ4n) is 2.27. The fourth-order valence-corrected chi connectivity index (χ4v) is 4.32. The van der Waals surface area contributed by atoms with E-state index in [0.29, 0.717) is 0 Å². The maximum atomic E-state index is 4.43. The molecule has 4 heteroatoms. The molecule has 1 aromatic heterocycles. The minimum absolute atomic E-state index is 0.871. The van der Waals surface area contributed by atoms with E-state index in [4.69, 9.17) is 0 Å². The Bertz CT molecular complexity index is 356. The zero-order valence-corrected chi connectivity index (χ0v) is 12.4. The predicted molar refractivity (Wildman–Crippen MR) is 73.8 cm³/mol. The summed E-state index contributed by atoms with van der Waals surface area (Å²) < 4.78 is 3.20. The molecule has 2 nitrogen and oxygen atoms in total. The average Bonchev–Trinajstić information content (AvgIpc) is 2.53. The first-order valence-corrected chi connectivity index (χ1v) is 7.82. The van der Waals surface area contributed by atoms with Crippen molar-refractivity contribution in [3.8, 4) is 0 Å². The smallest absolute Gasteiger partial charge is 0.0738 e. The van der Waals surface area contributed by atoms with Crippen molar-refractivity contribution in [1.82, 2.24) is 9.78 Å². The Morgan fingerprint density at radius 3 is 2.62 bits per heavy atom. The van der Waals surface area contributed by atoms with E-state index in [9.17, 15) is 0 Å². The van der Waals surface area contributed by atoms with Crippen LogP contribution in [0.15, 0.2) is 4.47 Å². The van der Waals surface area contributed by atoms with Crippen LogP contribution >= 0.6 is 27.7 Å². The highest BCUT2D eigenvalue weighted by Gasteiger charge is 2.16. The molecular weight excluding hydrogens is 284 g/mol. The molecule has 0 amide bonds. The third-order valence-electron chi connectivity index (χ3n) is 3.27. The van der Waals surface area contributed by atoms with Crippen LogP contribution in [-0.2, 0) is 12.8 Å². The highest BCUT2D eigenvalue weighted by Crippen LogP contribution is 2.32. The summed E-state index contributed by atoms with van der Waals surface area (Å²) in [5.74, 6) is 1.09. The summed E-state index contributed by atoms with van der Waals surface area (Å²) in [5, 5.41) is 5.30. The van der Waals surface area contributed by atoms with Gasteiger partial charge in [-0.05, 0) is 35.7 Å². The molecule has 90 valence electrons. The molecule has 1 aliphatic rings. The van der Waals surface area contributed by atoms with Crippen LogP contribution in [-0.4, -0.2) is 15.0 Å². The van der Waals surface area contributed by atoms with Gasteiger partial charge in [-0.25, -0.2) is 0 Å². The minimum atomic E-state index is 0.871. The molecule has 0 N–H and O–H groups in total. The van der Waals surface area contributed by atoms with Gasteiger partial charge >= 0.3 is 0 Å². The van der Waals surface area contributed by atoms with E-state index in [1.165, 1.54) is 42.3 Å². The van der Waals surface area contributed by atoms with Crippen molar-refractivity contribution in [2.45, 2.75) is 50.0 Å². The van der Waals surface area contributed by atoms with Crippen molar-refractivity contribution < 1.29 is 0 Å². The van der Waals surface area contributed by atoms with Crippen molar-refractivity contribution >= 4 is 27.7 Å². The van der Waals surface area contributed by atoms with Crippen molar-refractivity contribution in [3.05, 3.63) is 15.9 Å². The van der Waals surface area contributed by atoms with Crippen LogP contribution in [0.25, 0.3) is 0 Å². The lowest BCUT2D eigenvalue weighted by Crippen LogP contribution is -2.09. The van der Waals surface area contributed by atoms with E-state index in [0.717, 1.165) is 16.7 Å². The molecule has 1 aromatic rings. The molecule has 1 heterocycles. The quantitative estimate of drug-likeness (QED) is 0.838. The van der Waals surface area contributed by atoms with Crippen LogP contribution in [0.2, 0.25) is 0 Å². The van der Waals surface area contributed by atoms with Gasteiger partial charge in [0, 0.05) is 18.1 Å². The van der Waals surface area contributed by atoms with E-state index >= 15 is 0 Å². The Balaban J connectivity index is 1.93. The molecule has 0 aliphatic heterocycles. The molecule has 1 fully saturated rings. The molecule has 0 bridgehead atoms. The Morgan fingerprint density at radius 2 is 2.06 bits per heavy atom. The summed E-state index contributed by atoms with van der Waals surface area (Å²) in [7, 11) is 2.04. The Morgan fingerprint density at radius 1 is 1.38 bits per heavy atom. The zero-order chi connectivity index (χ0) is 11.5.